The zero-order chi connectivity index (χ0) is 21.2. The molecule has 1 aliphatic carbocycles. The second-order valence-corrected chi connectivity index (χ2v) is 11.3. The highest BCUT2D eigenvalue weighted by Gasteiger charge is 2.54. The number of likely N-dealkylation sites (tertiary alicyclic amines) is 1. The van der Waals surface area contributed by atoms with Crippen LogP contribution in [0.3, 0.4) is 0 Å². The summed E-state index contributed by atoms with van der Waals surface area (Å²) in [7, 11) is 1.84. The van der Waals surface area contributed by atoms with Gasteiger partial charge >= 0.3 is 0 Å². The fourth-order valence-corrected chi connectivity index (χ4v) is 6.03. The Morgan fingerprint density at radius 3 is 2.63 bits per heavy atom. The fourth-order valence-electron chi connectivity index (χ4n) is 5.32. The Labute approximate surface area is 186 Å². The average molecular weight is 427 g/mol. The maximum absolute atomic E-state index is 5.69. The summed E-state index contributed by atoms with van der Waals surface area (Å²) >= 11 is 1.91. The molecule has 1 saturated carbocycles. The van der Waals surface area contributed by atoms with E-state index in [1.165, 1.54) is 68.5 Å². The van der Waals surface area contributed by atoms with Crippen molar-refractivity contribution in [3.8, 4) is 0 Å². The van der Waals surface area contributed by atoms with E-state index in [0.717, 1.165) is 12.1 Å². The molecule has 164 valence electrons. The maximum atomic E-state index is 5.69. The molecule has 3 heterocycles. The van der Waals surface area contributed by atoms with E-state index < -0.39 is 0 Å². The van der Waals surface area contributed by atoms with Crippen LogP contribution in [0.2, 0.25) is 0 Å². The Balaban J connectivity index is 1.46. The van der Waals surface area contributed by atoms with Crippen molar-refractivity contribution in [2.24, 2.45) is 5.41 Å². The first kappa shape index (κ1) is 22.0. The average Bonchev–Trinajstić information content (AvgIpc) is 3.17. The van der Waals surface area contributed by atoms with Crippen molar-refractivity contribution in [3.63, 3.8) is 0 Å². The standard InChI is InChI=1S/C26H38N2OS/c1-21-8-9-22(19-27-21)26(14-15-26)28-17-16-25(20-28,12-6-11-24(2,3)29-4)13-10-23-7-5-18-30-23/h5,7-9,18-19H,6,10-17,20H2,1-4H3/t25-/m1/s1. The highest BCUT2D eigenvalue weighted by atomic mass is 32.1. The van der Waals surface area contributed by atoms with Crippen molar-refractivity contribution in [2.45, 2.75) is 83.3 Å². The van der Waals surface area contributed by atoms with Crippen LogP contribution in [-0.4, -0.2) is 35.7 Å². The van der Waals surface area contributed by atoms with E-state index >= 15 is 0 Å². The molecule has 1 aliphatic heterocycles. The number of aromatic nitrogens is 1. The number of methoxy groups -OCH3 is 1. The van der Waals surface area contributed by atoms with Gasteiger partial charge in [0, 0.05) is 36.0 Å². The first-order valence-electron chi connectivity index (χ1n) is 11.6. The molecule has 0 unspecified atom stereocenters. The third-order valence-corrected chi connectivity index (χ3v) is 8.67. The predicted octanol–water partition coefficient (Wildman–Crippen LogP) is 6.36. The second-order valence-electron chi connectivity index (χ2n) is 10.3. The minimum absolute atomic E-state index is 0.0154. The number of nitrogens with zero attached hydrogens (tertiary/aromatic N) is 2. The smallest absolute Gasteiger partial charge is 0.0622 e. The third kappa shape index (κ3) is 4.81. The molecular formula is C26H38N2OS. The van der Waals surface area contributed by atoms with Crippen LogP contribution in [-0.2, 0) is 16.7 Å². The molecule has 1 atom stereocenters. The highest BCUT2D eigenvalue weighted by Crippen LogP contribution is 2.55. The van der Waals surface area contributed by atoms with Crippen molar-refractivity contribution in [3.05, 3.63) is 52.0 Å². The summed E-state index contributed by atoms with van der Waals surface area (Å²) in [5.41, 5.74) is 3.22. The molecule has 2 fully saturated rings. The van der Waals surface area contributed by atoms with Crippen molar-refractivity contribution in [1.29, 1.82) is 0 Å². The topological polar surface area (TPSA) is 25.4 Å². The summed E-state index contributed by atoms with van der Waals surface area (Å²) in [6, 6.07) is 9.00. The molecule has 0 N–H and O–H groups in total. The monoisotopic (exact) mass is 426 g/mol. The highest BCUT2D eigenvalue weighted by molar-refractivity contribution is 7.09. The molecule has 0 radical (unpaired) electrons. The van der Waals surface area contributed by atoms with Gasteiger partial charge in [0.2, 0.25) is 0 Å². The molecular weight excluding hydrogens is 388 g/mol. The molecule has 2 aromatic heterocycles. The van der Waals surface area contributed by atoms with Gasteiger partial charge in [-0.15, -0.1) is 11.3 Å². The van der Waals surface area contributed by atoms with E-state index in [2.05, 4.69) is 66.5 Å². The van der Waals surface area contributed by atoms with E-state index in [-0.39, 0.29) is 11.1 Å². The number of aryl methyl sites for hydroxylation is 2. The Morgan fingerprint density at radius 1 is 1.17 bits per heavy atom. The summed E-state index contributed by atoms with van der Waals surface area (Å²) in [6.45, 7) is 8.98. The molecule has 2 aliphatic rings. The van der Waals surface area contributed by atoms with Crippen LogP contribution in [0.1, 0.15) is 74.9 Å². The summed E-state index contributed by atoms with van der Waals surface area (Å²) in [5.74, 6) is 0. The molecule has 1 saturated heterocycles. The number of ether oxygens (including phenoxy) is 1. The Hall–Kier alpha value is -1.23. The second kappa shape index (κ2) is 8.72. The molecule has 0 spiro atoms. The lowest BCUT2D eigenvalue weighted by molar-refractivity contribution is 0.0105. The van der Waals surface area contributed by atoms with E-state index in [4.69, 9.17) is 4.74 Å². The van der Waals surface area contributed by atoms with Crippen LogP contribution in [0.4, 0.5) is 0 Å². The third-order valence-electron chi connectivity index (χ3n) is 7.74. The van der Waals surface area contributed by atoms with Gasteiger partial charge in [0.05, 0.1) is 5.60 Å². The van der Waals surface area contributed by atoms with Crippen LogP contribution in [0.5, 0.6) is 0 Å². The zero-order valence-corrected chi connectivity index (χ0v) is 20.1. The van der Waals surface area contributed by atoms with Crippen LogP contribution in [0, 0.1) is 12.3 Å². The van der Waals surface area contributed by atoms with Gasteiger partial charge in [0.25, 0.3) is 0 Å². The lowest BCUT2D eigenvalue weighted by Gasteiger charge is -2.34. The molecule has 2 aromatic rings. The number of rotatable bonds is 10. The largest absolute Gasteiger partial charge is 0.379 e. The molecule has 0 aromatic carbocycles. The predicted molar refractivity (Wildman–Crippen MR) is 126 cm³/mol. The van der Waals surface area contributed by atoms with Crippen molar-refractivity contribution >= 4 is 11.3 Å². The number of hydrogen-bond donors (Lipinski definition) is 0. The molecule has 0 amide bonds. The zero-order valence-electron chi connectivity index (χ0n) is 19.2. The van der Waals surface area contributed by atoms with Crippen LogP contribution >= 0.6 is 11.3 Å². The van der Waals surface area contributed by atoms with Gasteiger partial charge in [-0.05, 0) is 101 Å². The van der Waals surface area contributed by atoms with E-state index in [0.29, 0.717) is 5.41 Å². The van der Waals surface area contributed by atoms with E-state index in [1.807, 2.05) is 18.4 Å². The minimum Gasteiger partial charge on any atom is -0.379 e. The lowest BCUT2D eigenvalue weighted by atomic mass is 9.77. The molecule has 4 heteroatoms. The van der Waals surface area contributed by atoms with Gasteiger partial charge < -0.3 is 4.74 Å². The van der Waals surface area contributed by atoms with E-state index in [1.54, 1.807) is 0 Å². The van der Waals surface area contributed by atoms with Gasteiger partial charge in [0.15, 0.2) is 0 Å². The SMILES string of the molecule is COC(C)(C)CCC[C@@]1(CCc2cccs2)CCN(C2(c3ccc(C)nc3)CC2)C1. The first-order valence-corrected chi connectivity index (χ1v) is 12.5. The van der Waals surface area contributed by atoms with Crippen molar-refractivity contribution < 1.29 is 4.74 Å². The Kier molecular flexibility index (Phi) is 6.39. The fraction of sp³-hybridized carbons (Fsp3) is 0.654. The summed E-state index contributed by atoms with van der Waals surface area (Å²) in [6.07, 6.45) is 12.3. The van der Waals surface area contributed by atoms with Gasteiger partial charge in [-0.25, -0.2) is 0 Å². The van der Waals surface area contributed by atoms with Crippen molar-refractivity contribution in [1.82, 2.24) is 9.88 Å². The number of pyridine rings is 1. The quantitative estimate of drug-likeness (QED) is 0.442. The summed E-state index contributed by atoms with van der Waals surface area (Å²) < 4.78 is 5.69. The molecule has 4 rings (SSSR count). The van der Waals surface area contributed by atoms with Gasteiger partial charge in [0.1, 0.15) is 0 Å². The van der Waals surface area contributed by atoms with Gasteiger partial charge in [-0.2, -0.15) is 0 Å². The molecule has 0 bridgehead atoms. The van der Waals surface area contributed by atoms with E-state index in [9.17, 15) is 0 Å². The van der Waals surface area contributed by atoms with Crippen LogP contribution < -0.4 is 0 Å². The molecule has 30 heavy (non-hydrogen) atoms. The maximum Gasteiger partial charge on any atom is 0.0622 e. The minimum atomic E-state index is -0.0154. The Morgan fingerprint density at radius 2 is 2.00 bits per heavy atom. The number of thiophene rings is 1. The summed E-state index contributed by atoms with van der Waals surface area (Å²) in [5, 5.41) is 2.22. The van der Waals surface area contributed by atoms with Crippen LogP contribution in [0.25, 0.3) is 0 Å². The number of hydrogen-bond acceptors (Lipinski definition) is 4. The lowest BCUT2D eigenvalue weighted by Crippen LogP contribution is -2.36. The van der Waals surface area contributed by atoms with Crippen molar-refractivity contribution in [2.75, 3.05) is 20.2 Å². The van der Waals surface area contributed by atoms with Gasteiger partial charge in [-0.1, -0.05) is 18.6 Å². The summed E-state index contributed by atoms with van der Waals surface area (Å²) in [4.78, 5) is 8.96. The first-order chi connectivity index (χ1) is 14.4. The van der Waals surface area contributed by atoms with Gasteiger partial charge in [-0.3, -0.25) is 9.88 Å². The normalized spacial score (nSPS) is 23.7. The molecule has 3 nitrogen and oxygen atoms in total. The van der Waals surface area contributed by atoms with Crippen LogP contribution in [0.15, 0.2) is 35.8 Å². The Bertz CT molecular complexity index is 810.